The largest absolute Gasteiger partial charge is 0.469 e. The molecule has 0 radical (unpaired) electrons. The number of ether oxygens (including phenoxy) is 3. The van der Waals surface area contributed by atoms with Gasteiger partial charge >= 0.3 is 12.1 Å². The van der Waals surface area contributed by atoms with Gasteiger partial charge in [-0.1, -0.05) is 0 Å². The summed E-state index contributed by atoms with van der Waals surface area (Å²) in [5.41, 5.74) is 0.0784. The topological polar surface area (TPSA) is 134 Å². The van der Waals surface area contributed by atoms with Gasteiger partial charge in [0.1, 0.15) is 17.6 Å². The van der Waals surface area contributed by atoms with Gasteiger partial charge in [0, 0.05) is 64.0 Å². The highest BCUT2D eigenvalue weighted by Crippen LogP contribution is 2.32. The molecule has 15 heteroatoms. The number of amides is 3. The highest BCUT2D eigenvalue weighted by molar-refractivity contribution is 5.96. The summed E-state index contributed by atoms with van der Waals surface area (Å²) in [6.45, 7) is 3.24. The number of rotatable bonds is 9. The Balaban J connectivity index is 1.10. The molecule has 3 amide bonds. The van der Waals surface area contributed by atoms with Crippen molar-refractivity contribution >= 4 is 41.1 Å². The van der Waals surface area contributed by atoms with Crippen molar-refractivity contribution in [3.05, 3.63) is 47.7 Å². The molecule has 4 heterocycles. The minimum Gasteiger partial charge on any atom is -0.469 e. The number of nitrogens with zero attached hydrogens (tertiary/aromatic N) is 5. The molecule has 0 unspecified atom stereocenters. The van der Waals surface area contributed by atoms with Gasteiger partial charge in [-0.3, -0.25) is 19.3 Å². The van der Waals surface area contributed by atoms with Gasteiger partial charge in [-0.25, -0.2) is 18.6 Å². The van der Waals surface area contributed by atoms with E-state index in [9.17, 15) is 19.2 Å². The van der Waals surface area contributed by atoms with E-state index in [1.54, 1.807) is 12.1 Å². The first kappa shape index (κ1) is 30.9. The van der Waals surface area contributed by atoms with Crippen LogP contribution in [0.4, 0.5) is 30.8 Å². The molecule has 3 fully saturated rings. The van der Waals surface area contributed by atoms with Gasteiger partial charge in [-0.15, -0.1) is 0 Å². The van der Waals surface area contributed by atoms with E-state index in [1.807, 2.05) is 0 Å². The van der Waals surface area contributed by atoms with Gasteiger partial charge in [-0.05, 0) is 18.6 Å². The number of hydrogen-bond donors (Lipinski definition) is 1. The number of methoxy groups -OCH3 is 1. The molecule has 1 atom stereocenters. The summed E-state index contributed by atoms with van der Waals surface area (Å²) in [6, 6.07) is 5.55. The fourth-order valence-corrected chi connectivity index (χ4v) is 5.32. The smallest absolute Gasteiger partial charge is 0.414 e. The lowest BCUT2D eigenvalue weighted by atomic mass is 10.1. The van der Waals surface area contributed by atoms with Gasteiger partial charge in [-0.2, -0.15) is 0 Å². The van der Waals surface area contributed by atoms with Gasteiger partial charge in [0.05, 0.1) is 44.7 Å². The van der Waals surface area contributed by atoms with Crippen LogP contribution in [0.1, 0.15) is 23.2 Å². The van der Waals surface area contributed by atoms with E-state index in [0.717, 1.165) is 35.9 Å². The third-order valence-corrected chi connectivity index (χ3v) is 7.78. The first-order chi connectivity index (χ1) is 21.2. The highest BCUT2D eigenvalue weighted by Gasteiger charge is 2.34. The Bertz CT molecular complexity index is 1360. The van der Waals surface area contributed by atoms with Crippen LogP contribution in [0.3, 0.4) is 0 Å². The molecule has 1 N–H and O–H groups in total. The fourth-order valence-electron chi connectivity index (χ4n) is 5.32. The number of cyclic esters (lactones) is 1. The molecule has 2 aromatic rings. The number of carbonyl (C=O) groups excluding carboxylic acids is 4. The first-order valence-electron chi connectivity index (χ1n) is 14.4. The Morgan fingerprint density at radius 2 is 1.73 bits per heavy atom. The van der Waals surface area contributed by atoms with Crippen LogP contribution in [-0.2, 0) is 23.8 Å². The quantitative estimate of drug-likeness (QED) is 0.414. The zero-order chi connectivity index (χ0) is 31.2. The monoisotopic (exact) mass is 616 g/mol. The number of aromatic nitrogens is 1. The van der Waals surface area contributed by atoms with Crippen LogP contribution >= 0.6 is 0 Å². The molecule has 3 aliphatic rings. The van der Waals surface area contributed by atoms with Crippen LogP contribution < -0.4 is 20.0 Å². The van der Waals surface area contributed by atoms with Crippen molar-refractivity contribution in [2.24, 2.45) is 0 Å². The van der Waals surface area contributed by atoms with Crippen molar-refractivity contribution in [2.75, 3.05) is 87.4 Å². The van der Waals surface area contributed by atoms with E-state index in [1.165, 1.54) is 23.1 Å². The third kappa shape index (κ3) is 7.15. The van der Waals surface area contributed by atoms with Gasteiger partial charge in [0.15, 0.2) is 11.6 Å². The lowest BCUT2D eigenvalue weighted by molar-refractivity contribution is -0.141. The molecular weight excluding hydrogens is 582 g/mol. The number of esters is 1. The second kappa shape index (κ2) is 13.8. The predicted octanol–water partition coefficient (Wildman–Crippen LogP) is 1.55. The molecule has 5 rings (SSSR count). The Morgan fingerprint density at radius 1 is 1.02 bits per heavy atom. The third-order valence-electron chi connectivity index (χ3n) is 7.78. The number of carbonyl (C=O) groups is 4. The lowest BCUT2D eigenvalue weighted by Gasteiger charge is -2.36. The van der Waals surface area contributed by atoms with Gasteiger partial charge in [0.2, 0.25) is 5.91 Å². The Morgan fingerprint density at radius 3 is 2.36 bits per heavy atom. The highest BCUT2D eigenvalue weighted by atomic mass is 19.1. The summed E-state index contributed by atoms with van der Waals surface area (Å²) in [4.78, 5) is 59.6. The van der Waals surface area contributed by atoms with E-state index in [4.69, 9.17) is 9.47 Å². The number of hydrogen-bond acceptors (Lipinski definition) is 10. The summed E-state index contributed by atoms with van der Waals surface area (Å²) < 4.78 is 45.5. The van der Waals surface area contributed by atoms with Crippen molar-refractivity contribution in [1.29, 1.82) is 0 Å². The standard InChI is InChI=1S/C29H34F2N6O7/c1-42-26(39)5-3-21-18-37(29(41)44-21)20-14-22(30)27(23(31)15-20)36-8-6-35(7-9-36)25(38)17-33-28(40)19-2-4-24(32-16-19)34-10-12-43-13-11-34/h2,4,14-16,21H,3,5-13,17-18H2,1H3,(H,33,40)/t21-/m0/s1. The number of halogens is 2. The fraction of sp³-hybridized carbons (Fsp3) is 0.483. The number of pyridine rings is 1. The van der Waals surface area contributed by atoms with E-state index in [0.29, 0.717) is 18.8 Å². The number of morpholine rings is 1. The Labute approximate surface area is 252 Å². The minimum atomic E-state index is -0.855. The molecule has 0 spiro atoms. The van der Waals surface area contributed by atoms with E-state index in [-0.39, 0.29) is 69.4 Å². The number of nitrogens with one attached hydrogen (secondary N) is 1. The zero-order valence-corrected chi connectivity index (χ0v) is 24.3. The minimum absolute atomic E-state index is 0.00445. The Kier molecular flexibility index (Phi) is 9.72. The number of anilines is 3. The van der Waals surface area contributed by atoms with Crippen LogP contribution in [-0.4, -0.2) is 113 Å². The average Bonchev–Trinajstić information content (AvgIpc) is 3.43. The molecule has 44 heavy (non-hydrogen) atoms. The lowest BCUT2D eigenvalue weighted by Crippen LogP contribution is -2.51. The van der Waals surface area contributed by atoms with Crippen molar-refractivity contribution < 1.29 is 42.2 Å². The van der Waals surface area contributed by atoms with E-state index < -0.39 is 35.7 Å². The number of piperazine rings is 1. The van der Waals surface area contributed by atoms with Crippen LogP contribution in [0.25, 0.3) is 0 Å². The average molecular weight is 617 g/mol. The number of benzene rings is 1. The summed E-state index contributed by atoms with van der Waals surface area (Å²) >= 11 is 0. The maximum Gasteiger partial charge on any atom is 0.414 e. The molecule has 3 aliphatic heterocycles. The Hall–Kier alpha value is -4.53. The molecule has 0 saturated carbocycles. The molecule has 1 aromatic carbocycles. The first-order valence-corrected chi connectivity index (χ1v) is 14.4. The summed E-state index contributed by atoms with van der Waals surface area (Å²) in [5.74, 6) is -2.16. The maximum absolute atomic E-state index is 15.2. The van der Waals surface area contributed by atoms with Crippen LogP contribution in [0, 0.1) is 11.6 Å². The van der Waals surface area contributed by atoms with Crippen LogP contribution in [0.2, 0.25) is 0 Å². The van der Waals surface area contributed by atoms with Crippen LogP contribution in [0.5, 0.6) is 0 Å². The van der Waals surface area contributed by atoms with Crippen LogP contribution in [0.15, 0.2) is 30.5 Å². The summed E-state index contributed by atoms with van der Waals surface area (Å²) in [7, 11) is 1.26. The van der Waals surface area contributed by atoms with E-state index in [2.05, 4.69) is 19.9 Å². The molecule has 3 saturated heterocycles. The van der Waals surface area contributed by atoms with E-state index >= 15 is 8.78 Å². The zero-order valence-electron chi connectivity index (χ0n) is 24.3. The SMILES string of the molecule is COC(=O)CC[C@H]1CN(c2cc(F)c(N3CCN(C(=O)CNC(=O)c4ccc(N5CCOCC5)nc4)CC3)c(F)c2)C(=O)O1. The molecule has 0 bridgehead atoms. The second-order valence-electron chi connectivity index (χ2n) is 10.5. The molecular formula is C29H34F2N6O7. The van der Waals surface area contributed by atoms with Crippen molar-refractivity contribution in [3.63, 3.8) is 0 Å². The van der Waals surface area contributed by atoms with Gasteiger partial charge < -0.3 is 34.2 Å². The summed E-state index contributed by atoms with van der Waals surface area (Å²) in [6.07, 6.45) is 0.372. The molecule has 1 aromatic heterocycles. The van der Waals surface area contributed by atoms with Crippen molar-refractivity contribution in [1.82, 2.24) is 15.2 Å². The predicted molar refractivity (Wildman–Crippen MR) is 154 cm³/mol. The van der Waals surface area contributed by atoms with Crippen molar-refractivity contribution in [2.45, 2.75) is 18.9 Å². The maximum atomic E-state index is 15.2. The molecule has 13 nitrogen and oxygen atoms in total. The normalized spacial score (nSPS) is 18.7. The van der Waals surface area contributed by atoms with Gasteiger partial charge in [0.25, 0.3) is 5.91 Å². The second-order valence-corrected chi connectivity index (χ2v) is 10.5. The molecule has 236 valence electrons. The summed E-state index contributed by atoms with van der Waals surface area (Å²) in [5, 5.41) is 2.61. The van der Waals surface area contributed by atoms with Crippen molar-refractivity contribution in [3.8, 4) is 0 Å². The molecule has 0 aliphatic carbocycles.